The number of carbonyl (C=O) groups is 1. The van der Waals surface area contributed by atoms with Crippen LogP contribution in [0.25, 0.3) is 11.0 Å². The number of alkyl halides is 2. The van der Waals surface area contributed by atoms with Crippen molar-refractivity contribution in [2.24, 2.45) is 0 Å². The van der Waals surface area contributed by atoms with Gasteiger partial charge in [-0.25, -0.2) is 4.79 Å². The zero-order valence-electron chi connectivity index (χ0n) is 15.6. The van der Waals surface area contributed by atoms with E-state index in [9.17, 15) is 18.4 Å². The molecule has 6 nitrogen and oxygen atoms in total. The second kappa shape index (κ2) is 8.24. The monoisotopic (exact) mass is 389 g/mol. The number of aromatic nitrogens is 2. The van der Waals surface area contributed by atoms with Gasteiger partial charge in [0.15, 0.2) is 0 Å². The van der Waals surface area contributed by atoms with Gasteiger partial charge in [0.2, 0.25) is 5.91 Å². The molecule has 28 heavy (non-hydrogen) atoms. The predicted molar refractivity (Wildman–Crippen MR) is 102 cm³/mol. The summed E-state index contributed by atoms with van der Waals surface area (Å²) in [7, 11) is 0. The Bertz CT molecular complexity index is 1030. The summed E-state index contributed by atoms with van der Waals surface area (Å²) < 4.78 is 31.8. The standard InChI is InChI=1S/C20H21F2N3O3/c1-3-24-16-6-4-5-7-17(16)25(20(24)27)12-18(26)23-13(2)14-8-10-15(11-9-14)28-19(21)22/h4-11,13,19H,3,12H2,1-2H3,(H,23,26). The van der Waals surface area contributed by atoms with E-state index >= 15 is 0 Å². The number of hydrogen-bond acceptors (Lipinski definition) is 3. The Balaban J connectivity index is 1.73. The van der Waals surface area contributed by atoms with E-state index in [1.54, 1.807) is 29.7 Å². The fourth-order valence-electron chi connectivity index (χ4n) is 3.18. The van der Waals surface area contributed by atoms with Crippen LogP contribution in [0.2, 0.25) is 0 Å². The van der Waals surface area contributed by atoms with Crippen molar-refractivity contribution in [1.29, 1.82) is 0 Å². The topological polar surface area (TPSA) is 65.3 Å². The highest BCUT2D eigenvalue weighted by molar-refractivity contribution is 5.81. The van der Waals surface area contributed by atoms with E-state index in [0.29, 0.717) is 12.1 Å². The van der Waals surface area contributed by atoms with Gasteiger partial charge in [0.1, 0.15) is 12.3 Å². The summed E-state index contributed by atoms with van der Waals surface area (Å²) in [5.41, 5.74) is 1.98. The molecule has 3 rings (SSSR count). The van der Waals surface area contributed by atoms with Crippen LogP contribution < -0.4 is 15.7 Å². The number of ether oxygens (including phenoxy) is 1. The van der Waals surface area contributed by atoms with Crippen molar-refractivity contribution in [2.45, 2.75) is 39.6 Å². The maximum absolute atomic E-state index is 12.6. The molecule has 0 aliphatic heterocycles. The Morgan fingerprint density at radius 1 is 1.07 bits per heavy atom. The Hall–Kier alpha value is -3.16. The maximum atomic E-state index is 12.6. The Morgan fingerprint density at radius 2 is 1.68 bits per heavy atom. The second-order valence-electron chi connectivity index (χ2n) is 6.34. The van der Waals surface area contributed by atoms with Crippen molar-refractivity contribution in [3.63, 3.8) is 0 Å². The molecule has 0 saturated carbocycles. The van der Waals surface area contributed by atoms with Crippen LogP contribution in [0.5, 0.6) is 5.75 Å². The van der Waals surface area contributed by atoms with E-state index < -0.39 is 6.61 Å². The van der Waals surface area contributed by atoms with Gasteiger partial charge < -0.3 is 10.1 Å². The number of para-hydroxylation sites is 2. The van der Waals surface area contributed by atoms with E-state index in [-0.39, 0.29) is 29.9 Å². The smallest absolute Gasteiger partial charge is 0.387 e. The molecule has 1 amide bonds. The molecule has 3 aromatic rings. The molecular formula is C20H21F2N3O3. The average Bonchev–Trinajstić information content (AvgIpc) is 2.93. The van der Waals surface area contributed by atoms with E-state index in [0.717, 1.165) is 11.1 Å². The largest absolute Gasteiger partial charge is 0.435 e. The number of aryl methyl sites for hydroxylation is 1. The Kier molecular flexibility index (Phi) is 5.77. The highest BCUT2D eigenvalue weighted by atomic mass is 19.3. The minimum atomic E-state index is -2.88. The van der Waals surface area contributed by atoms with Crippen molar-refractivity contribution in [3.05, 3.63) is 64.6 Å². The van der Waals surface area contributed by atoms with Gasteiger partial charge in [0, 0.05) is 6.54 Å². The number of benzene rings is 2. The number of amides is 1. The average molecular weight is 389 g/mol. The lowest BCUT2D eigenvalue weighted by Crippen LogP contribution is -2.34. The summed E-state index contributed by atoms with van der Waals surface area (Å²) in [6.45, 7) is 1.17. The third-order valence-electron chi connectivity index (χ3n) is 4.53. The van der Waals surface area contributed by atoms with Crippen LogP contribution in [0.1, 0.15) is 25.5 Å². The normalized spacial score (nSPS) is 12.3. The van der Waals surface area contributed by atoms with Gasteiger partial charge in [-0.15, -0.1) is 0 Å². The Morgan fingerprint density at radius 3 is 2.25 bits per heavy atom. The van der Waals surface area contributed by atoms with Crippen LogP contribution in [0.4, 0.5) is 8.78 Å². The fraction of sp³-hybridized carbons (Fsp3) is 0.300. The van der Waals surface area contributed by atoms with E-state index in [2.05, 4.69) is 10.1 Å². The molecule has 1 N–H and O–H groups in total. The molecule has 1 atom stereocenters. The maximum Gasteiger partial charge on any atom is 0.387 e. The summed E-state index contributed by atoms with van der Waals surface area (Å²) in [5, 5.41) is 2.83. The van der Waals surface area contributed by atoms with Gasteiger partial charge in [-0.2, -0.15) is 8.78 Å². The molecule has 1 unspecified atom stereocenters. The van der Waals surface area contributed by atoms with Crippen LogP contribution >= 0.6 is 0 Å². The summed E-state index contributed by atoms with van der Waals surface area (Å²) in [4.78, 5) is 25.1. The summed E-state index contributed by atoms with van der Waals surface area (Å²) in [6, 6.07) is 13.0. The second-order valence-corrected chi connectivity index (χ2v) is 6.34. The number of nitrogens with one attached hydrogen (secondary N) is 1. The van der Waals surface area contributed by atoms with Gasteiger partial charge >= 0.3 is 12.3 Å². The first-order valence-electron chi connectivity index (χ1n) is 8.93. The number of halogens is 2. The molecular weight excluding hydrogens is 368 g/mol. The van der Waals surface area contributed by atoms with Gasteiger partial charge in [-0.3, -0.25) is 13.9 Å². The molecule has 0 bridgehead atoms. The van der Waals surface area contributed by atoms with E-state index in [1.165, 1.54) is 16.7 Å². The summed E-state index contributed by atoms with van der Waals surface area (Å²) in [5.74, 6) is -0.266. The molecule has 0 aliphatic carbocycles. The van der Waals surface area contributed by atoms with Crippen molar-refractivity contribution < 1.29 is 18.3 Å². The molecule has 2 aromatic carbocycles. The van der Waals surface area contributed by atoms with Crippen LogP contribution in [0.3, 0.4) is 0 Å². The number of rotatable bonds is 7. The first-order chi connectivity index (χ1) is 13.4. The SMILES string of the molecule is CCn1c(=O)n(CC(=O)NC(C)c2ccc(OC(F)F)cc2)c2ccccc21. The van der Waals surface area contributed by atoms with Crippen molar-refractivity contribution in [2.75, 3.05) is 0 Å². The first-order valence-corrected chi connectivity index (χ1v) is 8.93. The van der Waals surface area contributed by atoms with Crippen molar-refractivity contribution >= 4 is 16.9 Å². The fourth-order valence-corrected chi connectivity index (χ4v) is 3.18. The van der Waals surface area contributed by atoms with E-state index in [1.807, 2.05) is 25.1 Å². The molecule has 8 heteroatoms. The number of fused-ring (bicyclic) bond motifs is 1. The zero-order valence-corrected chi connectivity index (χ0v) is 15.6. The quantitative estimate of drug-likeness (QED) is 0.674. The predicted octanol–water partition coefficient (Wildman–Crippen LogP) is 3.30. The number of nitrogens with zero attached hydrogens (tertiary/aromatic N) is 2. The lowest BCUT2D eigenvalue weighted by atomic mass is 10.1. The van der Waals surface area contributed by atoms with Crippen LogP contribution in [-0.4, -0.2) is 21.7 Å². The van der Waals surface area contributed by atoms with Gasteiger partial charge in [-0.1, -0.05) is 24.3 Å². The van der Waals surface area contributed by atoms with Crippen molar-refractivity contribution in [1.82, 2.24) is 14.5 Å². The van der Waals surface area contributed by atoms with Gasteiger partial charge in [0.25, 0.3) is 0 Å². The third kappa shape index (κ3) is 4.05. The number of imidazole rings is 1. The lowest BCUT2D eigenvalue weighted by molar-refractivity contribution is -0.122. The lowest BCUT2D eigenvalue weighted by Gasteiger charge is -2.15. The van der Waals surface area contributed by atoms with Crippen LogP contribution in [0, 0.1) is 0 Å². The van der Waals surface area contributed by atoms with Crippen molar-refractivity contribution in [3.8, 4) is 5.75 Å². The van der Waals surface area contributed by atoms with Crippen LogP contribution in [0.15, 0.2) is 53.3 Å². The molecule has 1 heterocycles. The zero-order chi connectivity index (χ0) is 20.3. The molecule has 0 aliphatic rings. The van der Waals surface area contributed by atoms with Crippen LogP contribution in [-0.2, 0) is 17.9 Å². The third-order valence-corrected chi connectivity index (χ3v) is 4.53. The molecule has 148 valence electrons. The first kappa shape index (κ1) is 19.6. The molecule has 0 saturated heterocycles. The molecule has 0 radical (unpaired) electrons. The van der Waals surface area contributed by atoms with Gasteiger partial charge in [-0.05, 0) is 43.7 Å². The Labute approximate surface area is 160 Å². The van der Waals surface area contributed by atoms with Gasteiger partial charge in [0.05, 0.1) is 17.1 Å². The number of carbonyl (C=O) groups excluding carboxylic acids is 1. The highest BCUT2D eigenvalue weighted by Crippen LogP contribution is 2.19. The van der Waals surface area contributed by atoms with E-state index in [4.69, 9.17) is 0 Å². The summed E-state index contributed by atoms with van der Waals surface area (Å²) in [6.07, 6.45) is 0. The molecule has 1 aromatic heterocycles. The number of hydrogen-bond donors (Lipinski definition) is 1. The summed E-state index contributed by atoms with van der Waals surface area (Å²) >= 11 is 0. The molecule has 0 spiro atoms. The highest BCUT2D eigenvalue weighted by Gasteiger charge is 2.16. The minimum Gasteiger partial charge on any atom is -0.435 e. The molecule has 0 fully saturated rings. The minimum absolute atomic E-state index is 0.0520.